The van der Waals surface area contributed by atoms with Crippen molar-refractivity contribution < 1.29 is 17.9 Å². The van der Waals surface area contributed by atoms with Crippen LogP contribution in [0.15, 0.2) is 36.8 Å². The van der Waals surface area contributed by atoms with Gasteiger partial charge < -0.3 is 15.8 Å². The molecule has 1 saturated heterocycles. The number of pyridine rings is 2. The van der Waals surface area contributed by atoms with E-state index in [1.54, 1.807) is 36.3 Å². The van der Waals surface area contributed by atoms with Crippen molar-refractivity contribution in [3.8, 4) is 28.5 Å². The molecule has 4 aromatic rings. The Kier molecular flexibility index (Phi) is 9.31. The maximum atomic E-state index is 15.3. The van der Waals surface area contributed by atoms with Gasteiger partial charge in [0.05, 0.1) is 12.3 Å². The SMILES string of the molecule is Cc1nn(C)c(OCC[C@H](C)Nc2cc(Cl)ncc2-c2ncc(CN3CC(CC(F)F)C3)cc2F)c1-c1nccc(N)n1. The van der Waals surface area contributed by atoms with E-state index in [0.717, 1.165) is 0 Å². The van der Waals surface area contributed by atoms with Crippen molar-refractivity contribution in [2.24, 2.45) is 13.0 Å². The number of likely N-dealkylation sites (tertiary alicyclic amines) is 1. The van der Waals surface area contributed by atoms with Crippen LogP contribution in [0.5, 0.6) is 5.88 Å². The first-order valence-electron chi connectivity index (χ1n) is 13.9. The van der Waals surface area contributed by atoms with Gasteiger partial charge in [-0.2, -0.15) is 5.10 Å². The number of aromatic nitrogens is 6. The number of anilines is 2. The summed E-state index contributed by atoms with van der Waals surface area (Å²) in [5.74, 6) is 0.779. The molecule has 0 unspecified atom stereocenters. The molecule has 0 aromatic carbocycles. The van der Waals surface area contributed by atoms with Crippen LogP contribution in [0.3, 0.4) is 0 Å². The second kappa shape index (κ2) is 13.1. The van der Waals surface area contributed by atoms with Crippen molar-refractivity contribution in [1.82, 2.24) is 34.6 Å². The summed E-state index contributed by atoms with van der Waals surface area (Å²) in [5, 5.41) is 8.08. The first kappa shape index (κ1) is 30.5. The van der Waals surface area contributed by atoms with Crippen LogP contribution >= 0.6 is 11.6 Å². The van der Waals surface area contributed by atoms with Gasteiger partial charge in [0.25, 0.3) is 0 Å². The molecule has 0 spiro atoms. The third-order valence-corrected chi connectivity index (χ3v) is 7.44. The van der Waals surface area contributed by atoms with Crippen molar-refractivity contribution >= 4 is 23.1 Å². The smallest absolute Gasteiger partial charge is 0.239 e. The molecule has 1 aliphatic rings. The lowest BCUT2D eigenvalue weighted by Crippen LogP contribution is -2.46. The summed E-state index contributed by atoms with van der Waals surface area (Å²) in [6, 6.07) is 4.57. The van der Waals surface area contributed by atoms with Crippen molar-refractivity contribution in [3.63, 3.8) is 0 Å². The Morgan fingerprint density at radius 3 is 2.70 bits per heavy atom. The average Bonchev–Trinajstić information content (AvgIpc) is 3.20. The Bertz CT molecular complexity index is 1580. The van der Waals surface area contributed by atoms with Crippen LogP contribution in [0, 0.1) is 18.7 Å². The van der Waals surface area contributed by atoms with Gasteiger partial charge in [0.2, 0.25) is 12.3 Å². The summed E-state index contributed by atoms with van der Waals surface area (Å²) in [7, 11) is 1.78. The zero-order chi connectivity index (χ0) is 30.7. The minimum absolute atomic E-state index is 0.0224. The molecular formula is C29H33ClF3N9O. The third-order valence-electron chi connectivity index (χ3n) is 7.24. The second-order valence-electron chi connectivity index (χ2n) is 10.8. The van der Waals surface area contributed by atoms with Crippen molar-refractivity contribution in [2.75, 3.05) is 30.7 Å². The van der Waals surface area contributed by atoms with Crippen LogP contribution in [0.2, 0.25) is 5.15 Å². The Balaban J connectivity index is 1.23. The van der Waals surface area contributed by atoms with E-state index in [4.69, 9.17) is 22.1 Å². The minimum atomic E-state index is -2.30. The number of hydrogen-bond acceptors (Lipinski definition) is 9. The van der Waals surface area contributed by atoms with E-state index in [0.29, 0.717) is 78.3 Å². The monoisotopic (exact) mass is 615 g/mol. The van der Waals surface area contributed by atoms with E-state index < -0.39 is 12.2 Å². The van der Waals surface area contributed by atoms with Gasteiger partial charge >= 0.3 is 0 Å². The molecular weight excluding hydrogens is 583 g/mol. The van der Waals surface area contributed by atoms with Gasteiger partial charge in [-0.05, 0) is 43.5 Å². The Morgan fingerprint density at radius 2 is 1.98 bits per heavy atom. The molecule has 0 radical (unpaired) electrons. The highest BCUT2D eigenvalue weighted by molar-refractivity contribution is 6.29. The largest absolute Gasteiger partial charge is 0.477 e. The normalized spacial score (nSPS) is 14.6. The van der Waals surface area contributed by atoms with Crippen LogP contribution in [-0.4, -0.2) is 66.8 Å². The lowest BCUT2D eigenvalue weighted by molar-refractivity contribution is 0.0316. The van der Waals surface area contributed by atoms with Crippen LogP contribution in [-0.2, 0) is 13.6 Å². The molecule has 43 heavy (non-hydrogen) atoms. The number of ether oxygens (including phenoxy) is 1. The molecule has 10 nitrogen and oxygen atoms in total. The molecule has 3 N–H and O–H groups in total. The minimum Gasteiger partial charge on any atom is -0.477 e. The molecule has 1 atom stereocenters. The lowest BCUT2D eigenvalue weighted by Gasteiger charge is -2.39. The summed E-state index contributed by atoms with van der Waals surface area (Å²) in [5.41, 5.74) is 9.09. The number of nitrogens with one attached hydrogen (secondary N) is 1. The van der Waals surface area contributed by atoms with Crippen LogP contribution < -0.4 is 15.8 Å². The number of alkyl halides is 2. The fourth-order valence-corrected chi connectivity index (χ4v) is 5.35. The van der Waals surface area contributed by atoms with Gasteiger partial charge in [0.15, 0.2) is 5.82 Å². The first-order valence-corrected chi connectivity index (χ1v) is 14.3. The number of nitrogen functional groups attached to an aromatic ring is 1. The predicted molar refractivity (Wildman–Crippen MR) is 158 cm³/mol. The Hall–Kier alpha value is -3.97. The van der Waals surface area contributed by atoms with E-state index in [1.807, 2.05) is 18.7 Å². The fraction of sp³-hybridized carbons (Fsp3) is 0.414. The fourth-order valence-electron chi connectivity index (χ4n) is 5.19. The number of nitrogens with zero attached hydrogens (tertiary/aromatic N) is 7. The number of nitrogens with two attached hydrogens (primary N) is 1. The third kappa shape index (κ3) is 7.34. The highest BCUT2D eigenvalue weighted by Crippen LogP contribution is 2.33. The zero-order valence-corrected chi connectivity index (χ0v) is 24.8. The molecule has 0 saturated carbocycles. The van der Waals surface area contributed by atoms with E-state index >= 15 is 4.39 Å². The van der Waals surface area contributed by atoms with Crippen molar-refractivity contribution in [1.29, 1.82) is 0 Å². The Morgan fingerprint density at radius 1 is 1.19 bits per heavy atom. The molecule has 0 amide bonds. The quantitative estimate of drug-likeness (QED) is 0.203. The van der Waals surface area contributed by atoms with E-state index in [2.05, 4.69) is 30.4 Å². The lowest BCUT2D eigenvalue weighted by atomic mass is 9.96. The summed E-state index contributed by atoms with van der Waals surface area (Å²) in [6.07, 6.45) is 2.85. The summed E-state index contributed by atoms with van der Waals surface area (Å²) in [4.78, 5) is 19.2. The van der Waals surface area contributed by atoms with Gasteiger partial charge in [-0.15, -0.1) is 0 Å². The van der Waals surface area contributed by atoms with E-state index in [9.17, 15) is 8.78 Å². The molecule has 228 valence electrons. The van der Waals surface area contributed by atoms with E-state index in [-0.39, 0.29) is 29.2 Å². The van der Waals surface area contributed by atoms with Crippen LogP contribution in [0.4, 0.5) is 24.7 Å². The highest BCUT2D eigenvalue weighted by Gasteiger charge is 2.29. The number of aryl methyl sites for hydroxylation is 2. The molecule has 4 aromatic heterocycles. The van der Waals surface area contributed by atoms with E-state index in [1.165, 1.54) is 12.3 Å². The van der Waals surface area contributed by atoms with Crippen LogP contribution in [0.1, 0.15) is 31.0 Å². The van der Waals surface area contributed by atoms with Gasteiger partial charge in [-0.3, -0.25) is 9.88 Å². The summed E-state index contributed by atoms with van der Waals surface area (Å²) in [6.45, 7) is 5.75. The van der Waals surface area contributed by atoms with Gasteiger partial charge in [0.1, 0.15) is 28.0 Å². The molecule has 5 rings (SSSR count). The number of hydrogen-bond donors (Lipinski definition) is 2. The zero-order valence-electron chi connectivity index (χ0n) is 24.1. The topological polar surface area (TPSA) is 120 Å². The van der Waals surface area contributed by atoms with Crippen molar-refractivity contribution in [3.05, 3.63) is 59.0 Å². The van der Waals surface area contributed by atoms with Gasteiger partial charge in [-0.25, -0.2) is 32.8 Å². The Labute approximate surface area is 252 Å². The molecule has 14 heteroatoms. The van der Waals surface area contributed by atoms with Gasteiger partial charge in [0, 0.05) is 75.4 Å². The number of halogens is 4. The molecule has 0 bridgehead atoms. The standard InChI is InChI=1S/C29H33ClF3N9O/c1-16(5-7-43-29-26(17(2)40-41(29)3)28-35-6-4-25(34)39-28)38-22-10-23(30)36-12-20(22)27-21(31)8-18(11-37-27)13-42-14-19(15-42)9-24(32)33/h4,6,8,10-12,16,19,24H,5,7,9,13-15H2,1-3H3,(H,36,38)(H2,34,35,39)/t16-/m0/s1. The second-order valence-corrected chi connectivity index (χ2v) is 11.2. The summed E-state index contributed by atoms with van der Waals surface area (Å²) < 4.78 is 48.2. The van der Waals surface area contributed by atoms with Crippen LogP contribution in [0.25, 0.3) is 22.6 Å². The predicted octanol–water partition coefficient (Wildman–Crippen LogP) is 5.37. The highest BCUT2D eigenvalue weighted by atomic mass is 35.5. The average molecular weight is 616 g/mol. The summed E-state index contributed by atoms with van der Waals surface area (Å²) >= 11 is 6.19. The molecule has 1 fully saturated rings. The maximum absolute atomic E-state index is 15.3. The maximum Gasteiger partial charge on any atom is 0.239 e. The number of rotatable bonds is 12. The first-order chi connectivity index (χ1) is 20.6. The van der Waals surface area contributed by atoms with Gasteiger partial charge in [-0.1, -0.05) is 11.6 Å². The van der Waals surface area contributed by atoms with Crippen molar-refractivity contribution in [2.45, 2.75) is 45.7 Å². The molecule has 1 aliphatic heterocycles. The molecule has 0 aliphatic carbocycles. The molecule has 5 heterocycles.